The second kappa shape index (κ2) is 6.95. The van der Waals surface area contributed by atoms with Crippen LogP contribution in [-0.4, -0.2) is 52.0 Å². The molecule has 1 aliphatic heterocycles. The first-order valence-electron chi connectivity index (χ1n) is 8.29. The molecule has 2 heterocycles. The van der Waals surface area contributed by atoms with Crippen molar-refractivity contribution < 1.29 is 14.8 Å². The summed E-state index contributed by atoms with van der Waals surface area (Å²) in [6.45, 7) is 6.12. The number of carbonyl (C=O) groups excluding carboxylic acids is 1. The number of nitrogens with zero attached hydrogens (tertiary/aromatic N) is 4. The van der Waals surface area contributed by atoms with Crippen molar-refractivity contribution in [1.82, 2.24) is 9.88 Å². The zero-order chi connectivity index (χ0) is 19.0. The number of aromatic nitrogens is 1. The first kappa shape index (κ1) is 18.2. The molecule has 26 heavy (non-hydrogen) atoms. The first-order chi connectivity index (χ1) is 12.3. The summed E-state index contributed by atoms with van der Waals surface area (Å²) in [7, 11) is 0. The maximum Gasteiger partial charge on any atom is 0.314 e. The number of phenols is 1. The van der Waals surface area contributed by atoms with Crippen LogP contribution in [0, 0.1) is 16.0 Å². The smallest absolute Gasteiger partial charge is 0.314 e. The van der Waals surface area contributed by atoms with Crippen LogP contribution in [0.4, 0.5) is 11.4 Å². The van der Waals surface area contributed by atoms with Gasteiger partial charge in [-0.25, -0.2) is 0 Å². The molecule has 1 saturated heterocycles. The molecule has 1 aromatic heterocycles. The third-order valence-corrected chi connectivity index (χ3v) is 4.82. The van der Waals surface area contributed by atoms with E-state index in [1.807, 2.05) is 23.6 Å². The average molecular weight is 379 g/mol. The van der Waals surface area contributed by atoms with Crippen LogP contribution in [0.15, 0.2) is 18.3 Å². The fourth-order valence-corrected chi connectivity index (χ4v) is 3.47. The Kier molecular flexibility index (Phi) is 4.86. The zero-order valence-corrected chi connectivity index (χ0v) is 15.2. The third kappa shape index (κ3) is 3.12. The van der Waals surface area contributed by atoms with E-state index in [2.05, 4.69) is 4.98 Å². The van der Waals surface area contributed by atoms with Crippen LogP contribution in [0.1, 0.15) is 13.8 Å². The lowest BCUT2D eigenvalue weighted by atomic mass is 10.1. The number of anilines is 1. The predicted octanol–water partition coefficient (Wildman–Crippen LogP) is 2.81. The molecule has 1 amide bonds. The number of rotatable bonds is 3. The van der Waals surface area contributed by atoms with E-state index in [-0.39, 0.29) is 22.4 Å². The normalized spacial score (nSPS) is 14.9. The second-order valence-electron chi connectivity index (χ2n) is 6.50. The average Bonchev–Trinajstić information content (AvgIpc) is 2.63. The Hall–Kier alpha value is -2.61. The number of aromatic hydroxyl groups is 1. The highest BCUT2D eigenvalue weighted by Crippen LogP contribution is 2.41. The van der Waals surface area contributed by atoms with Gasteiger partial charge in [0.05, 0.1) is 9.95 Å². The van der Waals surface area contributed by atoms with E-state index >= 15 is 0 Å². The molecule has 3 rings (SSSR count). The molecule has 138 valence electrons. The Balaban J connectivity index is 1.96. The Morgan fingerprint density at radius 2 is 2.00 bits per heavy atom. The highest BCUT2D eigenvalue weighted by atomic mass is 35.5. The van der Waals surface area contributed by atoms with Crippen molar-refractivity contribution in [3.8, 4) is 5.75 Å². The van der Waals surface area contributed by atoms with Crippen molar-refractivity contribution in [2.75, 3.05) is 31.1 Å². The van der Waals surface area contributed by atoms with Crippen LogP contribution >= 0.6 is 11.6 Å². The monoisotopic (exact) mass is 378 g/mol. The lowest BCUT2D eigenvalue weighted by Crippen LogP contribution is -2.50. The number of nitro groups is 1. The van der Waals surface area contributed by atoms with Crippen LogP contribution in [0.25, 0.3) is 10.9 Å². The maximum absolute atomic E-state index is 12.1. The summed E-state index contributed by atoms with van der Waals surface area (Å²) < 4.78 is 0. The van der Waals surface area contributed by atoms with Crippen LogP contribution < -0.4 is 4.90 Å². The van der Waals surface area contributed by atoms with E-state index < -0.39 is 16.4 Å². The van der Waals surface area contributed by atoms with Gasteiger partial charge in [-0.2, -0.15) is 0 Å². The van der Waals surface area contributed by atoms with Gasteiger partial charge in [0.15, 0.2) is 0 Å². The van der Waals surface area contributed by atoms with Gasteiger partial charge < -0.3 is 14.9 Å². The molecule has 1 N–H and O–H groups in total. The van der Waals surface area contributed by atoms with Gasteiger partial charge in [-0.3, -0.25) is 19.9 Å². The number of halogens is 1. The van der Waals surface area contributed by atoms with Crippen molar-refractivity contribution in [2.24, 2.45) is 5.92 Å². The summed E-state index contributed by atoms with van der Waals surface area (Å²) in [6, 6.07) is 2.91. The summed E-state index contributed by atoms with van der Waals surface area (Å²) >= 11 is 6.28. The van der Waals surface area contributed by atoms with Crippen molar-refractivity contribution >= 4 is 39.8 Å². The number of fused-ring (bicyclic) bond motifs is 1. The summed E-state index contributed by atoms with van der Waals surface area (Å²) in [6.07, 6.45) is 1.49. The van der Waals surface area contributed by atoms with Crippen molar-refractivity contribution in [2.45, 2.75) is 13.8 Å². The Morgan fingerprint density at radius 3 is 2.58 bits per heavy atom. The van der Waals surface area contributed by atoms with E-state index in [1.54, 1.807) is 6.07 Å². The SMILES string of the molecule is CC(C)C(=O)N1CCN(c2ccnc3c(O)c([N+](=O)[O-])cc(Cl)c23)CC1. The molecule has 0 radical (unpaired) electrons. The van der Waals surface area contributed by atoms with Gasteiger partial charge in [0.25, 0.3) is 0 Å². The summed E-state index contributed by atoms with van der Waals surface area (Å²) in [5.74, 6) is -0.421. The molecule has 1 fully saturated rings. The van der Waals surface area contributed by atoms with E-state index in [0.29, 0.717) is 31.6 Å². The van der Waals surface area contributed by atoms with Crippen LogP contribution in [0.2, 0.25) is 5.02 Å². The Bertz CT molecular complexity index is 879. The number of benzene rings is 1. The molecule has 1 aromatic carbocycles. The molecule has 0 bridgehead atoms. The highest BCUT2D eigenvalue weighted by Gasteiger charge is 2.27. The fourth-order valence-electron chi connectivity index (χ4n) is 3.18. The molecule has 2 aromatic rings. The largest absolute Gasteiger partial charge is 0.501 e. The summed E-state index contributed by atoms with van der Waals surface area (Å²) in [5.41, 5.74) is 0.365. The molecule has 8 nitrogen and oxygen atoms in total. The molecule has 0 spiro atoms. The van der Waals surface area contributed by atoms with Crippen LogP contribution in [0.5, 0.6) is 5.75 Å². The minimum Gasteiger partial charge on any atom is -0.501 e. The van der Waals surface area contributed by atoms with Crippen molar-refractivity contribution in [1.29, 1.82) is 0 Å². The molecule has 0 atom stereocenters. The van der Waals surface area contributed by atoms with Gasteiger partial charge in [-0.15, -0.1) is 0 Å². The number of pyridine rings is 1. The van der Waals surface area contributed by atoms with Gasteiger partial charge in [-0.05, 0) is 6.07 Å². The number of hydrogen-bond donors (Lipinski definition) is 1. The van der Waals surface area contributed by atoms with Crippen LogP contribution in [0.3, 0.4) is 0 Å². The Morgan fingerprint density at radius 1 is 1.35 bits per heavy atom. The van der Waals surface area contributed by atoms with E-state index in [0.717, 1.165) is 11.8 Å². The standard InChI is InChI=1S/C17H19ClN4O4/c1-10(2)17(24)21-7-5-20(6-8-21)12-3-4-19-15-14(12)11(18)9-13(16(15)23)22(25)26/h3-4,9-10,23H,5-8H2,1-2H3. The van der Waals surface area contributed by atoms with Crippen molar-refractivity contribution in [3.63, 3.8) is 0 Å². The molecule has 1 aliphatic rings. The maximum atomic E-state index is 12.1. The van der Waals surface area contributed by atoms with Gasteiger partial charge >= 0.3 is 5.69 Å². The lowest BCUT2D eigenvalue weighted by Gasteiger charge is -2.37. The minimum absolute atomic E-state index is 0.0461. The zero-order valence-electron chi connectivity index (χ0n) is 14.5. The predicted molar refractivity (Wildman–Crippen MR) is 98.7 cm³/mol. The third-order valence-electron chi connectivity index (χ3n) is 4.52. The number of hydrogen-bond acceptors (Lipinski definition) is 6. The van der Waals surface area contributed by atoms with Crippen molar-refractivity contribution in [3.05, 3.63) is 33.5 Å². The molecular formula is C17H19ClN4O4. The van der Waals surface area contributed by atoms with Gasteiger partial charge in [-0.1, -0.05) is 25.4 Å². The summed E-state index contributed by atoms with van der Waals surface area (Å²) in [5, 5.41) is 21.9. The van der Waals surface area contributed by atoms with Gasteiger partial charge in [0.1, 0.15) is 5.52 Å². The van der Waals surface area contributed by atoms with Gasteiger partial charge in [0, 0.05) is 55.4 Å². The fraction of sp³-hybridized carbons (Fsp3) is 0.412. The van der Waals surface area contributed by atoms with E-state index in [9.17, 15) is 20.0 Å². The topological polar surface area (TPSA) is 99.8 Å². The number of nitro benzene ring substituents is 1. The highest BCUT2D eigenvalue weighted by molar-refractivity contribution is 6.37. The summed E-state index contributed by atoms with van der Waals surface area (Å²) in [4.78, 5) is 30.5. The number of carbonyl (C=O) groups is 1. The second-order valence-corrected chi connectivity index (χ2v) is 6.91. The quantitative estimate of drug-likeness (QED) is 0.651. The number of piperazine rings is 1. The molecule has 0 aliphatic carbocycles. The first-order valence-corrected chi connectivity index (χ1v) is 8.67. The minimum atomic E-state index is -0.689. The Labute approximate surface area is 155 Å². The molecular weight excluding hydrogens is 360 g/mol. The molecule has 0 unspecified atom stereocenters. The van der Waals surface area contributed by atoms with E-state index in [4.69, 9.17) is 11.6 Å². The number of phenolic OH excluding ortho intramolecular Hbond substituents is 1. The molecule has 9 heteroatoms. The lowest BCUT2D eigenvalue weighted by molar-refractivity contribution is -0.385. The van der Waals surface area contributed by atoms with Crippen LogP contribution in [-0.2, 0) is 4.79 Å². The van der Waals surface area contributed by atoms with E-state index in [1.165, 1.54) is 6.20 Å². The van der Waals surface area contributed by atoms with Gasteiger partial charge in [0.2, 0.25) is 11.7 Å². The molecule has 0 saturated carbocycles. The number of amides is 1.